The molecule has 27 heavy (non-hydrogen) atoms. The maximum Gasteiger partial charge on any atom is 0.191 e. The summed E-state index contributed by atoms with van der Waals surface area (Å²) in [7, 11) is 0. The van der Waals surface area contributed by atoms with E-state index in [1.165, 1.54) is 31.5 Å². The van der Waals surface area contributed by atoms with Crippen LogP contribution in [-0.2, 0) is 11.2 Å². The number of guanidine groups is 1. The van der Waals surface area contributed by atoms with E-state index in [2.05, 4.69) is 34.6 Å². The van der Waals surface area contributed by atoms with Gasteiger partial charge in [0, 0.05) is 36.9 Å². The Labute approximate surface area is 168 Å². The highest BCUT2D eigenvalue weighted by atomic mass is 35.5. The average molecular weight is 393 g/mol. The van der Waals surface area contributed by atoms with Gasteiger partial charge in [0.05, 0.1) is 6.54 Å². The number of halogens is 1. The Morgan fingerprint density at radius 3 is 2.52 bits per heavy atom. The summed E-state index contributed by atoms with van der Waals surface area (Å²) in [5.41, 5.74) is 1.45. The van der Waals surface area contributed by atoms with Gasteiger partial charge < -0.3 is 15.4 Å². The Morgan fingerprint density at radius 1 is 1.15 bits per heavy atom. The lowest BCUT2D eigenvalue weighted by molar-refractivity contribution is -0.0139. The number of rotatable bonds is 7. The molecule has 0 aliphatic carbocycles. The van der Waals surface area contributed by atoms with Crippen LogP contribution in [0, 0.1) is 0 Å². The molecule has 0 atom stereocenters. The Kier molecular flexibility index (Phi) is 7.80. The molecule has 6 heteroatoms. The third-order valence-electron chi connectivity index (χ3n) is 5.70. The summed E-state index contributed by atoms with van der Waals surface area (Å²) in [6.45, 7) is 8.79. The molecule has 2 fully saturated rings. The van der Waals surface area contributed by atoms with E-state index in [1.54, 1.807) is 0 Å². The predicted molar refractivity (Wildman–Crippen MR) is 113 cm³/mol. The molecule has 2 aliphatic heterocycles. The van der Waals surface area contributed by atoms with Crippen LogP contribution in [0.3, 0.4) is 0 Å². The van der Waals surface area contributed by atoms with Gasteiger partial charge in [-0.3, -0.25) is 9.89 Å². The Hall–Kier alpha value is -1.30. The van der Waals surface area contributed by atoms with Crippen molar-refractivity contribution in [3.8, 4) is 0 Å². The van der Waals surface area contributed by atoms with E-state index < -0.39 is 0 Å². The van der Waals surface area contributed by atoms with Crippen LogP contribution in [0.5, 0.6) is 0 Å². The molecule has 5 nitrogen and oxygen atoms in total. The summed E-state index contributed by atoms with van der Waals surface area (Å²) < 4.78 is 5.65. The van der Waals surface area contributed by atoms with Crippen LogP contribution in [0.25, 0.3) is 0 Å². The van der Waals surface area contributed by atoms with Gasteiger partial charge in [-0.1, -0.05) is 23.7 Å². The van der Waals surface area contributed by atoms with Crippen molar-refractivity contribution in [3.05, 3.63) is 34.9 Å². The largest absolute Gasteiger partial charge is 0.381 e. The molecule has 0 unspecified atom stereocenters. The van der Waals surface area contributed by atoms with Crippen molar-refractivity contribution < 1.29 is 4.74 Å². The van der Waals surface area contributed by atoms with Crippen molar-refractivity contribution >= 4 is 17.6 Å². The molecule has 0 bridgehead atoms. The highest BCUT2D eigenvalue weighted by Crippen LogP contribution is 2.31. The molecule has 3 rings (SSSR count). The minimum atomic E-state index is 0.174. The van der Waals surface area contributed by atoms with Crippen molar-refractivity contribution in [1.29, 1.82) is 0 Å². The first-order valence-electron chi connectivity index (χ1n) is 10.3. The second-order valence-electron chi connectivity index (χ2n) is 7.53. The highest BCUT2D eigenvalue weighted by Gasteiger charge is 2.39. The number of aliphatic imine (C=N–C) groups is 1. The van der Waals surface area contributed by atoms with E-state index in [0.29, 0.717) is 0 Å². The summed E-state index contributed by atoms with van der Waals surface area (Å²) in [5.74, 6) is 0.913. The molecule has 0 amide bonds. The second kappa shape index (κ2) is 10.3. The van der Waals surface area contributed by atoms with E-state index in [1.807, 2.05) is 12.1 Å². The van der Waals surface area contributed by atoms with E-state index in [4.69, 9.17) is 21.3 Å². The molecule has 0 saturated carbocycles. The molecule has 2 N–H and O–H groups in total. The first kappa shape index (κ1) is 20.4. The Balaban J connectivity index is 1.58. The zero-order valence-corrected chi connectivity index (χ0v) is 17.2. The molecule has 2 heterocycles. The fourth-order valence-corrected chi connectivity index (χ4v) is 4.19. The zero-order chi connectivity index (χ0) is 19.0. The zero-order valence-electron chi connectivity index (χ0n) is 16.5. The summed E-state index contributed by atoms with van der Waals surface area (Å²) in [6.07, 6.45) is 5.74. The van der Waals surface area contributed by atoms with E-state index >= 15 is 0 Å². The van der Waals surface area contributed by atoms with Crippen LogP contribution in [0.15, 0.2) is 29.3 Å². The van der Waals surface area contributed by atoms with Crippen LogP contribution in [-0.4, -0.2) is 62.3 Å². The van der Waals surface area contributed by atoms with Crippen molar-refractivity contribution in [3.63, 3.8) is 0 Å². The molecule has 0 aromatic heterocycles. The van der Waals surface area contributed by atoms with Crippen LogP contribution < -0.4 is 10.6 Å². The summed E-state index contributed by atoms with van der Waals surface area (Å²) >= 11 is 5.96. The maximum atomic E-state index is 5.96. The van der Waals surface area contributed by atoms with Gasteiger partial charge in [-0.15, -0.1) is 0 Å². The van der Waals surface area contributed by atoms with Gasteiger partial charge >= 0.3 is 0 Å². The standard InChI is InChI=1S/C21H33ClN4O/c1-2-23-20(24-12-9-18-5-7-19(22)8-6-18)25-17-21(10-15-27-16-11-21)26-13-3-4-14-26/h5-8H,2-4,9-17H2,1H3,(H2,23,24,25). The van der Waals surface area contributed by atoms with Gasteiger partial charge in [0.1, 0.15) is 0 Å². The predicted octanol–water partition coefficient (Wildman–Crippen LogP) is 3.08. The molecule has 1 aromatic carbocycles. The smallest absolute Gasteiger partial charge is 0.191 e. The SMILES string of the molecule is CCNC(=NCC1(N2CCCC2)CCOCC1)NCCc1ccc(Cl)cc1. The molecular weight excluding hydrogens is 360 g/mol. The number of benzene rings is 1. The van der Waals surface area contributed by atoms with Crippen LogP contribution in [0.4, 0.5) is 0 Å². The lowest BCUT2D eigenvalue weighted by Crippen LogP contribution is -2.54. The van der Waals surface area contributed by atoms with Crippen molar-refractivity contribution in [1.82, 2.24) is 15.5 Å². The van der Waals surface area contributed by atoms with Gasteiger partial charge in [0.15, 0.2) is 5.96 Å². The third-order valence-corrected chi connectivity index (χ3v) is 5.95. The Morgan fingerprint density at radius 2 is 1.85 bits per heavy atom. The quantitative estimate of drug-likeness (QED) is 0.553. The van der Waals surface area contributed by atoms with Crippen LogP contribution in [0.1, 0.15) is 38.2 Å². The normalized spacial score (nSPS) is 20.6. The molecular formula is C21H33ClN4O. The van der Waals surface area contributed by atoms with Crippen molar-refractivity contribution in [2.45, 2.75) is 44.6 Å². The topological polar surface area (TPSA) is 48.9 Å². The first-order chi connectivity index (χ1) is 13.2. The third kappa shape index (κ3) is 5.84. The second-order valence-corrected chi connectivity index (χ2v) is 7.97. The maximum absolute atomic E-state index is 5.96. The number of hydrogen-bond acceptors (Lipinski definition) is 3. The lowest BCUT2D eigenvalue weighted by Gasteiger charge is -2.43. The summed E-state index contributed by atoms with van der Waals surface area (Å²) in [4.78, 5) is 7.64. The molecule has 2 aliphatic rings. The van der Waals surface area contributed by atoms with Gasteiger partial charge in [-0.05, 0) is 69.8 Å². The van der Waals surface area contributed by atoms with E-state index in [0.717, 1.165) is 63.1 Å². The van der Waals surface area contributed by atoms with Crippen molar-refractivity contribution in [2.24, 2.45) is 4.99 Å². The minimum absolute atomic E-state index is 0.174. The van der Waals surface area contributed by atoms with Gasteiger partial charge in [0.2, 0.25) is 0 Å². The summed E-state index contributed by atoms with van der Waals surface area (Å²) in [5, 5.41) is 7.66. The highest BCUT2D eigenvalue weighted by molar-refractivity contribution is 6.30. The minimum Gasteiger partial charge on any atom is -0.381 e. The first-order valence-corrected chi connectivity index (χ1v) is 10.7. The molecule has 2 saturated heterocycles. The average Bonchev–Trinajstić information content (AvgIpc) is 3.24. The molecule has 0 radical (unpaired) electrons. The lowest BCUT2D eigenvalue weighted by atomic mass is 9.88. The monoisotopic (exact) mass is 392 g/mol. The Bertz CT molecular complexity index is 593. The van der Waals surface area contributed by atoms with Gasteiger partial charge in [0.25, 0.3) is 0 Å². The number of nitrogens with zero attached hydrogens (tertiary/aromatic N) is 2. The molecule has 0 spiro atoms. The number of hydrogen-bond donors (Lipinski definition) is 2. The number of likely N-dealkylation sites (tertiary alicyclic amines) is 1. The van der Waals surface area contributed by atoms with Crippen LogP contribution in [0.2, 0.25) is 5.02 Å². The fourth-order valence-electron chi connectivity index (χ4n) is 4.06. The number of nitrogens with one attached hydrogen (secondary N) is 2. The fraction of sp³-hybridized carbons (Fsp3) is 0.667. The van der Waals surface area contributed by atoms with E-state index in [9.17, 15) is 0 Å². The van der Waals surface area contributed by atoms with E-state index in [-0.39, 0.29) is 5.54 Å². The molecule has 1 aromatic rings. The van der Waals surface area contributed by atoms with Gasteiger partial charge in [-0.2, -0.15) is 0 Å². The van der Waals surface area contributed by atoms with Gasteiger partial charge in [-0.25, -0.2) is 0 Å². The number of ether oxygens (including phenoxy) is 1. The van der Waals surface area contributed by atoms with Crippen LogP contribution >= 0.6 is 11.6 Å². The summed E-state index contributed by atoms with van der Waals surface area (Å²) in [6, 6.07) is 8.05. The molecule has 150 valence electrons. The van der Waals surface area contributed by atoms with Crippen molar-refractivity contribution in [2.75, 3.05) is 45.9 Å².